The third kappa shape index (κ3) is 3.01. The summed E-state index contributed by atoms with van der Waals surface area (Å²) in [5, 5.41) is 0. The third-order valence-electron chi connectivity index (χ3n) is 1.29. The Labute approximate surface area is 71.5 Å². The maximum Gasteiger partial charge on any atom is 0.307 e. The van der Waals surface area contributed by atoms with E-state index in [0.717, 1.165) is 5.56 Å². The van der Waals surface area contributed by atoms with Crippen molar-refractivity contribution in [2.75, 3.05) is 0 Å². The molecular weight excluding hydrogens is 152 g/mol. The number of rotatable bonds is 2. The minimum Gasteiger partial charge on any atom is -0.435 e. The summed E-state index contributed by atoms with van der Waals surface area (Å²) in [6.07, 6.45) is 3.12. The molecule has 0 aliphatic heterocycles. The van der Waals surface area contributed by atoms with Crippen molar-refractivity contribution in [1.82, 2.24) is 0 Å². The van der Waals surface area contributed by atoms with Crippen LogP contribution in [0, 0.1) is 0 Å². The number of esters is 1. The van der Waals surface area contributed by atoms with Gasteiger partial charge in [-0.1, -0.05) is 30.3 Å². The van der Waals surface area contributed by atoms with E-state index in [-0.39, 0.29) is 5.97 Å². The molecule has 0 fully saturated rings. The first-order chi connectivity index (χ1) is 5.79. The Bertz CT molecular complexity index is 275. The van der Waals surface area contributed by atoms with Crippen molar-refractivity contribution in [1.29, 1.82) is 0 Å². The molecule has 2 heteroatoms. The molecule has 1 aromatic rings. The summed E-state index contributed by atoms with van der Waals surface area (Å²) in [5.74, 6) is -0.304. The molecule has 1 rings (SSSR count). The highest BCUT2D eigenvalue weighted by atomic mass is 16.5. The van der Waals surface area contributed by atoms with Gasteiger partial charge in [-0.2, -0.15) is 0 Å². The number of hydrogen-bond donors (Lipinski definition) is 0. The topological polar surface area (TPSA) is 26.3 Å². The molecule has 1 aromatic carbocycles. The van der Waals surface area contributed by atoms with Crippen LogP contribution in [0.3, 0.4) is 0 Å². The maximum absolute atomic E-state index is 10.4. The van der Waals surface area contributed by atoms with Gasteiger partial charge < -0.3 is 4.74 Å². The Morgan fingerprint density at radius 3 is 2.58 bits per heavy atom. The number of carbonyl (C=O) groups is 1. The Balaban J connectivity index is 2.52. The molecule has 0 radical (unpaired) electrons. The molecule has 0 N–H and O–H groups in total. The van der Waals surface area contributed by atoms with E-state index in [1.54, 1.807) is 6.08 Å². The van der Waals surface area contributed by atoms with Gasteiger partial charge >= 0.3 is 5.97 Å². The zero-order chi connectivity index (χ0) is 8.81. The zero-order valence-electron chi connectivity index (χ0n) is 6.86. The van der Waals surface area contributed by atoms with Crippen molar-refractivity contribution in [2.24, 2.45) is 0 Å². The van der Waals surface area contributed by atoms with Crippen molar-refractivity contribution in [3.8, 4) is 0 Å². The van der Waals surface area contributed by atoms with Crippen molar-refractivity contribution >= 4 is 12.0 Å². The molecule has 0 heterocycles. The van der Waals surface area contributed by atoms with Gasteiger partial charge in [0, 0.05) is 6.92 Å². The SMILES string of the molecule is CC(=O)O/C=C\c1ccccc1. The molecule has 0 amide bonds. The van der Waals surface area contributed by atoms with Crippen LogP contribution < -0.4 is 0 Å². The first-order valence-electron chi connectivity index (χ1n) is 3.68. The van der Waals surface area contributed by atoms with E-state index in [2.05, 4.69) is 4.74 Å². The van der Waals surface area contributed by atoms with Crippen molar-refractivity contribution in [3.05, 3.63) is 42.2 Å². The predicted molar refractivity (Wildman–Crippen MR) is 47.2 cm³/mol. The first-order valence-corrected chi connectivity index (χ1v) is 3.68. The smallest absolute Gasteiger partial charge is 0.307 e. The third-order valence-corrected chi connectivity index (χ3v) is 1.29. The fourth-order valence-corrected chi connectivity index (χ4v) is 0.773. The lowest BCUT2D eigenvalue weighted by atomic mass is 10.2. The second-order valence-electron chi connectivity index (χ2n) is 2.32. The van der Waals surface area contributed by atoms with Gasteiger partial charge in [-0.3, -0.25) is 4.79 Å². The van der Waals surface area contributed by atoms with E-state index in [0.29, 0.717) is 0 Å². The van der Waals surface area contributed by atoms with Crippen LogP contribution >= 0.6 is 0 Å². The van der Waals surface area contributed by atoms with Crippen LogP contribution in [0.5, 0.6) is 0 Å². The Morgan fingerprint density at radius 2 is 2.00 bits per heavy atom. The Kier molecular flexibility index (Phi) is 3.08. The highest BCUT2D eigenvalue weighted by Crippen LogP contribution is 2.00. The molecule has 0 atom stereocenters. The molecule has 0 saturated heterocycles. The zero-order valence-corrected chi connectivity index (χ0v) is 6.86. The molecule has 0 aromatic heterocycles. The van der Waals surface area contributed by atoms with Gasteiger partial charge in [0.25, 0.3) is 0 Å². The molecule has 0 unspecified atom stereocenters. The van der Waals surface area contributed by atoms with Gasteiger partial charge in [-0.05, 0) is 11.6 Å². The summed E-state index contributed by atoms with van der Waals surface area (Å²) >= 11 is 0. The minimum atomic E-state index is -0.304. The van der Waals surface area contributed by atoms with Crippen LogP contribution in [-0.2, 0) is 9.53 Å². The minimum absolute atomic E-state index is 0.304. The molecule has 0 aliphatic carbocycles. The number of hydrogen-bond acceptors (Lipinski definition) is 2. The summed E-state index contributed by atoms with van der Waals surface area (Å²) < 4.78 is 4.63. The van der Waals surface area contributed by atoms with Gasteiger partial charge in [-0.15, -0.1) is 0 Å². The van der Waals surface area contributed by atoms with E-state index < -0.39 is 0 Å². The summed E-state index contributed by atoms with van der Waals surface area (Å²) in [7, 11) is 0. The fraction of sp³-hybridized carbons (Fsp3) is 0.100. The largest absolute Gasteiger partial charge is 0.435 e. The molecule has 0 bridgehead atoms. The van der Waals surface area contributed by atoms with E-state index in [4.69, 9.17) is 0 Å². The van der Waals surface area contributed by atoms with E-state index >= 15 is 0 Å². The van der Waals surface area contributed by atoms with Crippen LogP contribution in [-0.4, -0.2) is 5.97 Å². The van der Waals surface area contributed by atoms with Crippen LogP contribution in [0.1, 0.15) is 12.5 Å². The maximum atomic E-state index is 10.4. The molecule has 0 spiro atoms. The van der Waals surface area contributed by atoms with Crippen molar-refractivity contribution < 1.29 is 9.53 Å². The predicted octanol–water partition coefficient (Wildman–Crippen LogP) is 2.22. The Morgan fingerprint density at radius 1 is 1.33 bits per heavy atom. The molecule has 2 nitrogen and oxygen atoms in total. The number of ether oxygens (including phenoxy) is 1. The van der Waals surface area contributed by atoms with Crippen LogP contribution in [0.4, 0.5) is 0 Å². The monoisotopic (exact) mass is 162 g/mol. The molecule has 12 heavy (non-hydrogen) atoms. The van der Waals surface area contributed by atoms with Gasteiger partial charge in [0.15, 0.2) is 0 Å². The van der Waals surface area contributed by atoms with Gasteiger partial charge in [0.1, 0.15) is 0 Å². The number of benzene rings is 1. The number of carbonyl (C=O) groups excluding carboxylic acids is 1. The normalized spacial score (nSPS) is 10.1. The second-order valence-corrected chi connectivity index (χ2v) is 2.32. The first kappa shape index (κ1) is 8.53. The van der Waals surface area contributed by atoms with E-state index in [1.165, 1.54) is 13.2 Å². The average molecular weight is 162 g/mol. The molecule has 0 saturated carbocycles. The van der Waals surface area contributed by atoms with Crippen molar-refractivity contribution in [2.45, 2.75) is 6.92 Å². The Hall–Kier alpha value is -1.57. The van der Waals surface area contributed by atoms with Gasteiger partial charge in [0.2, 0.25) is 0 Å². The molecular formula is C10H10O2. The lowest BCUT2D eigenvalue weighted by molar-refractivity contribution is -0.135. The van der Waals surface area contributed by atoms with Crippen molar-refractivity contribution in [3.63, 3.8) is 0 Å². The second kappa shape index (κ2) is 4.34. The van der Waals surface area contributed by atoms with Gasteiger partial charge in [0.05, 0.1) is 6.26 Å². The highest BCUT2D eigenvalue weighted by molar-refractivity contribution is 5.67. The quantitative estimate of drug-likeness (QED) is 0.492. The molecule has 0 aliphatic rings. The van der Waals surface area contributed by atoms with Gasteiger partial charge in [-0.25, -0.2) is 0 Å². The standard InChI is InChI=1S/C10H10O2/c1-9(11)12-8-7-10-5-3-2-4-6-10/h2-8H,1H3/b8-7-. The summed E-state index contributed by atoms with van der Waals surface area (Å²) in [6.45, 7) is 1.37. The van der Waals surface area contributed by atoms with E-state index in [9.17, 15) is 4.79 Å². The highest BCUT2D eigenvalue weighted by Gasteiger charge is 1.85. The van der Waals surface area contributed by atoms with E-state index in [1.807, 2.05) is 30.3 Å². The average Bonchev–Trinajstić information content (AvgIpc) is 2.05. The lowest BCUT2D eigenvalue weighted by Gasteiger charge is -1.91. The van der Waals surface area contributed by atoms with Crippen LogP contribution in [0.25, 0.3) is 6.08 Å². The van der Waals surface area contributed by atoms with Crippen LogP contribution in [0.2, 0.25) is 0 Å². The summed E-state index contributed by atoms with van der Waals surface area (Å²) in [4.78, 5) is 10.4. The van der Waals surface area contributed by atoms with Crippen LogP contribution in [0.15, 0.2) is 36.6 Å². The summed E-state index contributed by atoms with van der Waals surface area (Å²) in [6, 6.07) is 9.64. The summed E-state index contributed by atoms with van der Waals surface area (Å²) in [5.41, 5.74) is 1.01. The molecule has 62 valence electrons. The fourth-order valence-electron chi connectivity index (χ4n) is 0.773. The lowest BCUT2D eigenvalue weighted by Crippen LogP contribution is -1.88.